The van der Waals surface area contributed by atoms with Crippen molar-refractivity contribution >= 4 is 27.9 Å². The first-order valence-corrected chi connectivity index (χ1v) is 9.07. The van der Waals surface area contributed by atoms with Gasteiger partial charge >= 0.3 is 11.6 Å². The first-order chi connectivity index (χ1) is 13.4. The van der Waals surface area contributed by atoms with Crippen LogP contribution in [0.1, 0.15) is 20.3 Å². The Balaban J connectivity index is 1.36. The standard InChI is InChI=1S/C21H18O7/c1-11-7-14(26-20(11)23)9-21(2)15(28-21)10-25-19-17-13(5-6-24-17)8-12-3-4-16(22)27-18(12)19/h3-8,14-15H,9-10H2,1-2H3/t14-,15+,21+/m1/s1. The molecule has 144 valence electrons. The predicted octanol–water partition coefficient (Wildman–Crippen LogP) is 3.34. The zero-order valence-corrected chi connectivity index (χ0v) is 15.4. The van der Waals surface area contributed by atoms with Gasteiger partial charge in [0.05, 0.1) is 11.9 Å². The fourth-order valence-corrected chi connectivity index (χ4v) is 3.69. The van der Waals surface area contributed by atoms with Crippen molar-refractivity contribution in [1.29, 1.82) is 0 Å². The van der Waals surface area contributed by atoms with E-state index in [9.17, 15) is 9.59 Å². The smallest absolute Gasteiger partial charge is 0.336 e. The van der Waals surface area contributed by atoms with E-state index in [1.807, 2.05) is 25.1 Å². The molecule has 0 spiro atoms. The third-order valence-corrected chi connectivity index (χ3v) is 5.32. The summed E-state index contributed by atoms with van der Waals surface area (Å²) in [6, 6.07) is 6.78. The van der Waals surface area contributed by atoms with Crippen molar-refractivity contribution in [3.63, 3.8) is 0 Å². The molecule has 3 atom stereocenters. The van der Waals surface area contributed by atoms with Crippen molar-refractivity contribution in [2.75, 3.05) is 6.61 Å². The molecule has 7 heteroatoms. The molecular weight excluding hydrogens is 364 g/mol. The lowest BCUT2D eigenvalue weighted by Gasteiger charge is -2.12. The molecule has 7 nitrogen and oxygen atoms in total. The molecule has 0 aliphatic carbocycles. The highest BCUT2D eigenvalue weighted by atomic mass is 16.6. The maximum Gasteiger partial charge on any atom is 0.336 e. The Morgan fingerprint density at radius 1 is 1.14 bits per heavy atom. The number of carbonyl (C=O) groups excluding carboxylic acids is 1. The maximum absolute atomic E-state index is 11.7. The largest absolute Gasteiger partial charge is 0.483 e. The van der Waals surface area contributed by atoms with E-state index in [0.717, 1.165) is 10.8 Å². The summed E-state index contributed by atoms with van der Waals surface area (Å²) in [4.78, 5) is 23.2. The number of cyclic esters (lactones) is 1. The van der Waals surface area contributed by atoms with Gasteiger partial charge in [0.15, 0.2) is 11.2 Å². The molecule has 0 unspecified atom stereocenters. The Morgan fingerprint density at radius 3 is 2.75 bits per heavy atom. The highest BCUT2D eigenvalue weighted by molar-refractivity contribution is 5.99. The van der Waals surface area contributed by atoms with Gasteiger partial charge in [-0.25, -0.2) is 9.59 Å². The van der Waals surface area contributed by atoms with E-state index in [1.165, 1.54) is 6.07 Å². The number of carbonyl (C=O) groups is 1. The molecule has 28 heavy (non-hydrogen) atoms. The predicted molar refractivity (Wildman–Crippen MR) is 99.3 cm³/mol. The summed E-state index contributed by atoms with van der Waals surface area (Å²) in [5.74, 6) is 0.101. The number of fused-ring (bicyclic) bond motifs is 2. The van der Waals surface area contributed by atoms with Crippen molar-refractivity contribution in [3.8, 4) is 5.75 Å². The molecule has 0 bridgehead atoms. The quantitative estimate of drug-likeness (QED) is 0.380. The number of esters is 1. The van der Waals surface area contributed by atoms with Crippen LogP contribution in [0.5, 0.6) is 5.75 Å². The Labute approximate surface area is 159 Å². The lowest BCUT2D eigenvalue weighted by atomic mass is 9.99. The van der Waals surface area contributed by atoms with Crippen LogP contribution in [-0.2, 0) is 14.3 Å². The molecule has 3 aromatic rings. The number of furan rings is 1. The first-order valence-electron chi connectivity index (χ1n) is 9.07. The summed E-state index contributed by atoms with van der Waals surface area (Å²) in [5.41, 5.74) is 0.585. The third kappa shape index (κ3) is 2.79. The Bertz CT molecular complexity index is 1180. The average Bonchev–Trinajstić information content (AvgIpc) is 2.94. The van der Waals surface area contributed by atoms with E-state index >= 15 is 0 Å². The summed E-state index contributed by atoms with van der Waals surface area (Å²) in [6.45, 7) is 3.96. The maximum atomic E-state index is 11.7. The molecule has 0 radical (unpaired) electrons. The van der Waals surface area contributed by atoms with E-state index < -0.39 is 11.2 Å². The van der Waals surface area contributed by atoms with Gasteiger partial charge in [-0.3, -0.25) is 0 Å². The molecular formula is C21H18O7. The van der Waals surface area contributed by atoms with Crippen molar-refractivity contribution in [3.05, 3.63) is 52.6 Å². The van der Waals surface area contributed by atoms with Gasteiger partial charge in [-0.2, -0.15) is 0 Å². The highest BCUT2D eigenvalue weighted by Crippen LogP contribution is 2.43. The zero-order valence-electron chi connectivity index (χ0n) is 15.4. The van der Waals surface area contributed by atoms with Gasteiger partial charge in [0.2, 0.25) is 5.75 Å². The van der Waals surface area contributed by atoms with E-state index in [1.54, 1.807) is 19.3 Å². The van der Waals surface area contributed by atoms with Gasteiger partial charge < -0.3 is 23.0 Å². The van der Waals surface area contributed by atoms with Crippen molar-refractivity contribution in [1.82, 2.24) is 0 Å². The van der Waals surface area contributed by atoms with E-state index in [0.29, 0.717) is 28.9 Å². The van der Waals surface area contributed by atoms with Crippen LogP contribution < -0.4 is 10.4 Å². The number of hydrogen-bond acceptors (Lipinski definition) is 7. The average molecular weight is 382 g/mol. The number of hydrogen-bond donors (Lipinski definition) is 0. The van der Waals surface area contributed by atoms with E-state index in [-0.39, 0.29) is 24.8 Å². The second-order valence-corrected chi connectivity index (χ2v) is 7.45. The molecule has 1 aromatic carbocycles. The summed E-state index contributed by atoms with van der Waals surface area (Å²) in [7, 11) is 0. The van der Waals surface area contributed by atoms with Crippen LogP contribution in [0.2, 0.25) is 0 Å². The van der Waals surface area contributed by atoms with Crippen LogP contribution in [0.3, 0.4) is 0 Å². The van der Waals surface area contributed by atoms with Crippen molar-refractivity contribution in [2.24, 2.45) is 0 Å². The van der Waals surface area contributed by atoms with E-state index in [2.05, 4.69) is 0 Å². The van der Waals surface area contributed by atoms with Crippen molar-refractivity contribution < 1.29 is 27.8 Å². The van der Waals surface area contributed by atoms with Crippen LogP contribution >= 0.6 is 0 Å². The SMILES string of the molecule is CC1=C[C@H](C[C@]2(C)O[C@H]2COc2c3occc3cc3ccc(=O)oc23)OC1=O. The van der Waals surface area contributed by atoms with Crippen LogP contribution in [0.25, 0.3) is 21.9 Å². The first kappa shape index (κ1) is 17.1. The van der Waals surface area contributed by atoms with Crippen LogP contribution in [0.4, 0.5) is 0 Å². The number of epoxide rings is 1. The normalized spacial score (nSPS) is 26.5. The molecule has 4 heterocycles. The topological polar surface area (TPSA) is 91.4 Å². The van der Waals surface area contributed by atoms with Crippen LogP contribution in [0, 0.1) is 0 Å². The van der Waals surface area contributed by atoms with Crippen LogP contribution in [0.15, 0.2) is 55.8 Å². The van der Waals surface area contributed by atoms with Crippen molar-refractivity contribution in [2.45, 2.75) is 38.1 Å². The lowest BCUT2D eigenvalue weighted by molar-refractivity contribution is -0.140. The van der Waals surface area contributed by atoms with Gasteiger partial charge in [0.1, 0.15) is 18.8 Å². The fourth-order valence-electron chi connectivity index (χ4n) is 3.69. The molecule has 0 amide bonds. The second-order valence-electron chi connectivity index (χ2n) is 7.45. The van der Waals surface area contributed by atoms with E-state index in [4.69, 9.17) is 23.0 Å². The summed E-state index contributed by atoms with van der Waals surface area (Å²) < 4.78 is 28.0. The molecule has 2 aliphatic heterocycles. The molecule has 5 rings (SSSR count). The molecule has 0 N–H and O–H groups in total. The summed E-state index contributed by atoms with van der Waals surface area (Å²) >= 11 is 0. The molecule has 1 saturated heterocycles. The van der Waals surface area contributed by atoms with Gasteiger partial charge in [-0.1, -0.05) is 0 Å². The van der Waals surface area contributed by atoms with Gasteiger partial charge in [0.25, 0.3) is 0 Å². The van der Waals surface area contributed by atoms with Gasteiger partial charge in [-0.15, -0.1) is 0 Å². The number of ether oxygens (including phenoxy) is 3. The molecule has 1 fully saturated rings. The number of benzene rings is 1. The van der Waals surface area contributed by atoms with Gasteiger partial charge in [0, 0.05) is 28.8 Å². The fraction of sp³-hybridized carbons (Fsp3) is 0.333. The minimum absolute atomic E-state index is 0.170. The van der Waals surface area contributed by atoms with Crippen LogP contribution in [-0.4, -0.2) is 30.4 Å². The minimum Gasteiger partial charge on any atom is -0.483 e. The summed E-state index contributed by atoms with van der Waals surface area (Å²) in [5, 5.41) is 1.61. The Hall–Kier alpha value is -3.06. The van der Waals surface area contributed by atoms with Gasteiger partial charge in [-0.05, 0) is 38.1 Å². The molecule has 2 aromatic heterocycles. The Kier molecular flexibility index (Phi) is 3.64. The number of rotatable bonds is 5. The lowest BCUT2D eigenvalue weighted by Crippen LogP contribution is -2.22. The summed E-state index contributed by atoms with van der Waals surface area (Å²) in [6.07, 6.45) is 3.49. The molecule has 0 saturated carbocycles. The molecule has 2 aliphatic rings. The minimum atomic E-state index is -0.457. The highest BCUT2D eigenvalue weighted by Gasteiger charge is 2.54. The second kappa shape index (κ2) is 5.97. The third-order valence-electron chi connectivity index (χ3n) is 5.32. The Morgan fingerprint density at radius 2 is 1.96 bits per heavy atom. The monoisotopic (exact) mass is 382 g/mol. The zero-order chi connectivity index (χ0) is 19.5.